The molecule has 1 atom stereocenters. The van der Waals surface area contributed by atoms with E-state index in [1.807, 2.05) is 17.1 Å². The highest BCUT2D eigenvalue weighted by atomic mass is 35.5. The van der Waals surface area contributed by atoms with Gasteiger partial charge in [0.05, 0.1) is 0 Å². The zero-order valence-electron chi connectivity index (χ0n) is 8.73. The lowest BCUT2D eigenvalue weighted by Crippen LogP contribution is -2.46. The van der Waals surface area contributed by atoms with Gasteiger partial charge in [-0.1, -0.05) is 12.2 Å². The largest absolute Gasteiger partial charge is 0.282 e. The number of hydrogen-bond acceptors (Lipinski definition) is 4. The fourth-order valence-electron chi connectivity index (χ4n) is 1.49. The first kappa shape index (κ1) is 13.4. The van der Waals surface area contributed by atoms with Crippen LogP contribution in [0.5, 0.6) is 0 Å². The molecule has 88 valence electrons. The van der Waals surface area contributed by atoms with E-state index in [1.54, 1.807) is 11.8 Å². The number of sulfone groups is 1. The smallest absolute Gasteiger partial charge is 0.164 e. The van der Waals surface area contributed by atoms with Gasteiger partial charge in [0.2, 0.25) is 0 Å². The Bertz CT molecular complexity index is 316. The number of nitrogens with zero attached hydrogens (tertiary/aromatic N) is 1. The Kier molecular flexibility index (Phi) is 5.46. The van der Waals surface area contributed by atoms with Crippen molar-refractivity contribution in [1.29, 1.82) is 0 Å². The average molecular weight is 270 g/mol. The Morgan fingerprint density at radius 2 is 2.27 bits per heavy atom. The van der Waals surface area contributed by atoms with E-state index in [4.69, 9.17) is 11.6 Å². The van der Waals surface area contributed by atoms with Gasteiger partial charge in [-0.2, -0.15) is 11.8 Å². The summed E-state index contributed by atoms with van der Waals surface area (Å²) in [6, 6.07) is 0. The van der Waals surface area contributed by atoms with Crippen LogP contribution in [0.2, 0.25) is 0 Å². The lowest BCUT2D eigenvalue weighted by molar-refractivity contribution is 0.299. The molecule has 1 heterocycles. The maximum atomic E-state index is 11.5. The van der Waals surface area contributed by atoms with E-state index in [-0.39, 0.29) is 5.37 Å². The van der Waals surface area contributed by atoms with Crippen LogP contribution < -0.4 is 0 Å². The third kappa shape index (κ3) is 4.34. The van der Waals surface area contributed by atoms with Crippen molar-refractivity contribution in [2.75, 3.05) is 36.7 Å². The van der Waals surface area contributed by atoms with Crippen LogP contribution in [0.3, 0.4) is 0 Å². The fraction of sp³-hybridized carbons (Fsp3) is 0.778. The third-order valence-electron chi connectivity index (χ3n) is 2.28. The summed E-state index contributed by atoms with van der Waals surface area (Å²) in [4.78, 5) is 1.99. The standard InChI is InChI=1S/C9H16ClNO2S2/c1-15(12,13)9-8-14-7-6-11(9)5-3-2-4-10/h2-3,9H,4-8H2,1H3. The predicted octanol–water partition coefficient (Wildman–Crippen LogP) is 1.20. The Balaban J connectivity index is 2.62. The minimum absolute atomic E-state index is 0.337. The molecule has 1 rings (SSSR count). The molecular weight excluding hydrogens is 254 g/mol. The Morgan fingerprint density at radius 1 is 1.53 bits per heavy atom. The lowest BCUT2D eigenvalue weighted by Gasteiger charge is -2.33. The van der Waals surface area contributed by atoms with Crippen molar-refractivity contribution < 1.29 is 8.42 Å². The molecule has 1 aliphatic heterocycles. The SMILES string of the molecule is CS(=O)(=O)C1CSCCN1CC=CCCl. The predicted molar refractivity (Wildman–Crippen MR) is 67.4 cm³/mol. The first-order chi connectivity index (χ1) is 7.05. The molecule has 0 aliphatic carbocycles. The van der Waals surface area contributed by atoms with Gasteiger partial charge in [-0.05, 0) is 0 Å². The van der Waals surface area contributed by atoms with E-state index in [2.05, 4.69) is 0 Å². The summed E-state index contributed by atoms with van der Waals surface area (Å²) in [7, 11) is -2.97. The first-order valence-electron chi connectivity index (χ1n) is 4.77. The Morgan fingerprint density at radius 3 is 2.87 bits per heavy atom. The van der Waals surface area contributed by atoms with Crippen LogP contribution >= 0.6 is 23.4 Å². The van der Waals surface area contributed by atoms with Crippen LogP contribution in [-0.4, -0.2) is 55.4 Å². The number of alkyl halides is 1. The fourth-order valence-corrected chi connectivity index (χ4v) is 4.57. The summed E-state index contributed by atoms with van der Waals surface area (Å²) >= 11 is 7.22. The molecule has 1 fully saturated rings. The lowest BCUT2D eigenvalue weighted by atomic mass is 10.4. The molecule has 1 aliphatic rings. The van der Waals surface area contributed by atoms with Gasteiger partial charge in [0.15, 0.2) is 9.84 Å². The third-order valence-corrected chi connectivity index (χ3v) is 5.15. The summed E-state index contributed by atoms with van der Waals surface area (Å²) in [5.41, 5.74) is 0. The molecule has 0 aromatic rings. The summed E-state index contributed by atoms with van der Waals surface area (Å²) in [6.45, 7) is 1.50. The number of rotatable bonds is 4. The normalized spacial score (nSPS) is 24.8. The molecule has 0 radical (unpaired) electrons. The van der Waals surface area contributed by atoms with Gasteiger partial charge in [0.1, 0.15) is 5.37 Å². The van der Waals surface area contributed by atoms with Crippen molar-refractivity contribution in [2.45, 2.75) is 5.37 Å². The molecule has 0 bridgehead atoms. The Hall–Kier alpha value is 0.290. The molecule has 0 amide bonds. The second kappa shape index (κ2) is 6.13. The van der Waals surface area contributed by atoms with Gasteiger partial charge >= 0.3 is 0 Å². The molecule has 0 aromatic heterocycles. The molecule has 0 N–H and O–H groups in total. The highest BCUT2D eigenvalue weighted by molar-refractivity contribution is 8.00. The molecule has 1 saturated heterocycles. The number of thioether (sulfide) groups is 1. The molecule has 0 spiro atoms. The summed E-state index contributed by atoms with van der Waals surface area (Å²) in [6.07, 6.45) is 5.09. The van der Waals surface area contributed by atoms with Gasteiger partial charge in [-0.15, -0.1) is 11.6 Å². The van der Waals surface area contributed by atoms with Crippen LogP contribution in [0, 0.1) is 0 Å². The molecule has 3 nitrogen and oxygen atoms in total. The van der Waals surface area contributed by atoms with E-state index >= 15 is 0 Å². The summed E-state index contributed by atoms with van der Waals surface area (Å²) in [5, 5.41) is -0.337. The molecule has 0 aromatic carbocycles. The maximum absolute atomic E-state index is 11.5. The van der Waals surface area contributed by atoms with Gasteiger partial charge in [-0.3, -0.25) is 4.90 Å². The van der Waals surface area contributed by atoms with E-state index in [1.165, 1.54) is 6.26 Å². The van der Waals surface area contributed by atoms with Crippen LogP contribution in [0.25, 0.3) is 0 Å². The molecule has 6 heteroatoms. The highest BCUT2D eigenvalue weighted by Crippen LogP contribution is 2.19. The minimum atomic E-state index is -2.97. The second-order valence-electron chi connectivity index (χ2n) is 3.48. The van der Waals surface area contributed by atoms with Crippen LogP contribution in [0.15, 0.2) is 12.2 Å². The van der Waals surface area contributed by atoms with Gasteiger partial charge in [0.25, 0.3) is 0 Å². The number of hydrogen-bond donors (Lipinski definition) is 0. The van der Waals surface area contributed by atoms with E-state index in [9.17, 15) is 8.42 Å². The van der Waals surface area contributed by atoms with Crippen molar-refractivity contribution in [2.24, 2.45) is 0 Å². The van der Waals surface area contributed by atoms with E-state index < -0.39 is 9.84 Å². The number of allylic oxidation sites excluding steroid dienone is 1. The van der Waals surface area contributed by atoms with E-state index in [0.717, 1.165) is 12.3 Å². The van der Waals surface area contributed by atoms with E-state index in [0.29, 0.717) is 18.2 Å². The first-order valence-corrected chi connectivity index (χ1v) is 8.41. The molecular formula is C9H16ClNO2S2. The van der Waals surface area contributed by atoms with Crippen molar-refractivity contribution in [3.05, 3.63) is 12.2 Å². The second-order valence-corrected chi connectivity index (χ2v) is 7.14. The molecule has 15 heavy (non-hydrogen) atoms. The van der Waals surface area contributed by atoms with Crippen molar-refractivity contribution >= 4 is 33.2 Å². The molecule has 0 saturated carbocycles. The molecule has 1 unspecified atom stereocenters. The van der Waals surface area contributed by atoms with Crippen molar-refractivity contribution in [1.82, 2.24) is 4.90 Å². The summed E-state index contributed by atoms with van der Waals surface area (Å²) in [5.74, 6) is 2.15. The zero-order chi connectivity index (χ0) is 11.3. The van der Waals surface area contributed by atoms with Gasteiger partial charge in [0, 0.05) is 36.7 Å². The minimum Gasteiger partial charge on any atom is -0.282 e. The highest BCUT2D eigenvalue weighted by Gasteiger charge is 2.29. The van der Waals surface area contributed by atoms with Gasteiger partial charge in [-0.25, -0.2) is 8.42 Å². The topological polar surface area (TPSA) is 37.4 Å². The van der Waals surface area contributed by atoms with Crippen LogP contribution in [0.4, 0.5) is 0 Å². The monoisotopic (exact) mass is 269 g/mol. The maximum Gasteiger partial charge on any atom is 0.164 e. The zero-order valence-corrected chi connectivity index (χ0v) is 11.1. The van der Waals surface area contributed by atoms with Crippen LogP contribution in [0.1, 0.15) is 0 Å². The van der Waals surface area contributed by atoms with Crippen LogP contribution in [-0.2, 0) is 9.84 Å². The average Bonchev–Trinajstić information content (AvgIpc) is 2.17. The van der Waals surface area contributed by atoms with Crippen molar-refractivity contribution in [3.8, 4) is 0 Å². The quantitative estimate of drug-likeness (QED) is 0.568. The van der Waals surface area contributed by atoms with Gasteiger partial charge < -0.3 is 0 Å². The van der Waals surface area contributed by atoms with Crippen molar-refractivity contribution in [3.63, 3.8) is 0 Å². The summed E-state index contributed by atoms with van der Waals surface area (Å²) < 4.78 is 23.0. The Labute approximate surface area is 101 Å². The number of halogens is 1.